The SMILES string of the molecule is COc1ccc(C(=O)CC2CC3CCC(C2)N3)cc1OC. The summed E-state index contributed by atoms with van der Waals surface area (Å²) in [6, 6.07) is 6.69. The van der Waals surface area contributed by atoms with Gasteiger partial charge in [-0.3, -0.25) is 4.79 Å². The van der Waals surface area contributed by atoms with Crippen molar-refractivity contribution in [3.8, 4) is 11.5 Å². The number of benzene rings is 1. The molecule has 2 atom stereocenters. The number of hydrogen-bond acceptors (Lipinski definition) is 4. The molecule has 2 fully saturated rings. The van der Waals surface area contributed by atoms with Crippen molar-refractivity contribution >= 4 is 5.78 Å². The molecule has 1 aromatic rings. The van der Waals surface area contributed by atoms with Gasteiger partial charge >= 0.3 is 0 Å². The Hall–Kier alpha value is -1.55. The van der Waals surface area contributed by atoms with E-state index in [9.17, 15) is 4.79 Å². The number of rotatable bonds is 5. The van der Waals surface area contributed by atoms with E-state index in [0.717, 1.165) is 18.4 Å². The largest absolute Gasteiger partial charge is 0.493 e. The fourth-order valence-electron chi connectivity index (χ4n) is 3.73. The lowest BCUT2D eigenvalue weighted by Gasteiger charge is -2.28. The van der Waals surface area contributed by atoms with Crippen LogP contribution in [0.2, 0.25) is 0 Å². The van der Waals surface area contributed by atoms with Gasteiger partial charge in [0.1, 0.15) is 0 Å². The molecule has 2 heterocycles. The predicted molar refractivity (Wildman–Crippen MR) is 81.2 cm³/mol. The van der Waals surface area contributed by atoms with Crippen LogP contribution in [0, 0.1) is 5.92 Å². The van der Waals surface area contributed by atoms with Crippen molar-refractivity contribution in [1.29, 1.82) is 0 Å². The second-order valence-corrected chi connectivity index (χ2v) is 6.17. The van der Waals surface area contributed by atoms with Crippen LogP contribution in [-0.4, -0.2) is 32.1 Å². The van der Waals surface area contributed by atoms with Gasteiger partial charge in [0.25, 0.3) is 0 Å². The molecule has 1 aromatic carbocycles. The third kappa shape index (κ3) is 3.05. The minimum Gasteiger partial charge on any atom is -0.493 e. The Balaban J connectivity index is 1.67. The van der Waals surface area contributed by atoms with Gasteiger partial charge in [0, 0.05) is 24.1 Å². The number of nitrogens with one attached hydrogen (secondary N) is 1. The van der Waals surface area contributed by atoms with Crippen molar-refractivity contribution < 1.29 is 14.3 Å². The highest BCUT2D eigenvalue weighted by molar-refractivity contribution is 5.96. The van der Waals surface area contributed by atoms with E-state index in [1.807, 2.05) is 6.07 Å². The first-order valence-electron chi connectivity index (χ1n) is 7.71. The van der Waals surface area contributed by atoms with Crippen LogP contribution in [0.3, 0.4) is 0 Å². The number of ether oxygens (including phenoxy) is 2. The van der Waals surface area contributed by atoms with E-state index >= 15 is 0 Å². The van der Waals surface area contributed by atoms with E-state index in [-0.39, 0.29) is 5.78 Å². The first-order valence-corrected chi connectivity index (χ1v) is 7.71. The summed E-state index contributed by atoms with van der Waals surface area (Å²) >= 11 is 0. The van der Waals surface area contributed by atoms with Crippen LogP contribution in [0.4, 0.5) is 0 Å². The molecule has 3 rings (SSSR count). The lowest BCUT2D eigenvalue weighted by molar-refractivity contribution is 0.0945. The van der Waals surface area contributed by atoms with Crippen molar-refractivity contribution in [2.45, 2.75) is 44.2 Å². The number of carbonyl (C=O) groups is 1. The van der Waals surface area contributed by atoms with E-state index in [4.69, 9.17) is 9.47 Å². The number of ketones is 1. The van der Waals surface area contributed by atoms with E-state index in [0.29, 0.717) is 35.9 Å². The van der Waals surface area contributed by atoms with Crippen LogP contribution >= 0.6 is 0 Å². The normalized spacial score (nSPS) is 27.4. The van der Waals surface area contributed by atoms with Gasteiger partial charge in [-0.1, -0.05) is 0 Å². The molecule has 0 amide bonds. The number of carbonyl (C=O) groups excluding carboxylic acids is 1. The highest BCUT2D eigenvalue weighted by Gasteiger charge is 2.34. The second-order valence-electron chi connectivity index (χ2n) is 6.17. The average Bonchev–Trinajstić information content (AvgIpc) is 2.85. The molecular weight excluding hydrogens is 266 g/mol. The van der Waals surface area contributed by atoms with Gasteiger partial charge in [-0.05, 0) is 49.8 Å². The number of hydrogen-bond donors (Lipinski definition) is 1. The lowest BCUT2D eigenvalue weighted by atomic mass is 9.87. The van der Waals surface area contributed by atoms with Crippen LogP contribution in [-0.2, 0) is 0 Å². The summed E-state index contributed by atoms with van der Waals surface area (Å²) in [4.78, 5) is 12.5. The maximum absolute atomic E-state index is 12.5. The maximum Gasteiger partial charge on any atom is 0.163 e. The summed E-state index contributed by atoms with van der Waals surface area (Å²) in [6.45, 7) is 0. The smallest absolute Gasteiger partial charge is 0.163 e. The van der Waals surface area contributed by atoms with Crippen molar-refractivity contribution in [2.75, 3.05) is 14.2 Å². The zero-order chi connectivity index (χ0) is 14.8. The van der Waals surface area contributed by atoms with Gasteiger partial charge in [0.15, 0.2) is 17.3 Å². The fraction of sp³-hybridized carbons (Fsp3) is 0.588. The summed E-state index contributed by atoms with van der Waals surface area (Å²) in [6.07, 6.45) is 5.45. The number of methoxy groups -OCH3 is 2. The third-order valence-electron chi connectivity index (χ3n) is 4.75. The summed E-state index contributed by atoms with van der Waals surface area (Å²) in [5.41, 5.74) is 0.721. The van der Waals surface area contributed by atoms with Crippen molar-refractivity contribution in [3.05, 3.63) is 23.8 Å². The minimum atomic E-state index is 0.210. The van der Waals surface area contributed by atoms with Crippen molar-refractivity contribution in [3.63, 3.8) is 0 Å². The molecule has 0 saturated carbocycles. The Morgan fingerprint density at radius 1 is 1.14 bits per heavy atom. The molecule has 114 valence electrons. The molecule has 4 heteroatoms. The van der Waals surface area contributed by atoms with E-state index in [1.54, 1.807) is 26.4 Å². The number of Topliss-reactive ketones (excluding diaryl/α,β-unsaturated/α-hetero) is 1. The molecule has 2 aliphatic heterocycles. The number of piperidine rings is 1. The molecule has 2 saturated heterocycles. The lowest BCUT2D eigenvalue weighted by Crippen LogP contribution is -2.38. The molecule has 1 N–H and O–H groups in total. The summed E-state index contributed by atoms with van der Waals surface area (Å²) < 4.78 is 10.5. The fourth-order valence-corrected chi connectivity index (χ4v) is 3.73. The van der Waals surface area contributed by atoms with Crippen molar-refractivity contribution in [1.82, 2.24) is 5.32 Å². The van der Waals surface area contributed by atoms with Crippen LogP contribution in [0.5, 0.6) is 11.5 Å². The van der Waals surface area contributed by atoms with Gasteiger partial charge < -0.3 is 14.8 Å². The molecule has 0 aliphatic carbocycles. The number of fused-ring (bicyclic) bond motifs is 2. The van der Waals surface area contributed by atoms with E-state index in [1.165, 1.54) is 12.8 Å². The van der Waals surface area contributed by atoms with Crippen molar-refractivity contribution in [2.24, 2.45) is 5.92 Å². The summed E-state index contributed by atoms with van der Waals surface area (Å²) in [5.74, 6) is 2.01. The third-order valence-corrected chi connectivity index (χ3v) is 4.75. The Morgan fingerprint density at radius 2 is 1.81 bits per heavy atom. The Kier molecular flexibility index (Phi) is 4.15. The monoisotopic (exact) mass is 289 g/mol. The quantitative estimate of drug-likeness (QED) is 0.847. The molecule has 2 aliphatic rings. The van der Waals surface area contributed by atoms with E-state index < -0.39 is 0 Å². The molecule has 0 radical (unpaired) electrons. The molecule has 21 heavy (non-hydrogen) atoms. The molecule has 0 spiro atoms. The van der Waals surface area contributed by atoms with Crippen LogP contribution in [0.1, 0.15) is 42.5 Å². The first-order chi connectivity index (χ1) is 10.2. The highest BCUT2D eigenvalue weighted by Crippen LogP contribution is 2.34. The molecule has 4 nitrogen and oxygen atoms in total. The van der Waals surface area contributed by atoms with E-state index in [2.05, 4.69) is 5.32 Å². The van der Waals surface area contributed by atoms with Crippen LogP contribution < -0.4 is 14.8 Å². The topological polar surface area (TPSA) is 47.6 Å². The van der Waals surface area contributed by atoms with Gasteiger partial charge in [-0.2, -0.15) is 0 Å². The highest BCUT2D eigenvalue weighted by atomic mass is 16.5. The average molecular weight is 289 g/mol. The van der Waals surface area contributed by atoms with Gasteiger partial charge in [0.05, 0.1) is 14.2 Å². The zero-order valence-corrected chi connectivity index (χ0v) is 12.7. The maximum atomic E-state index is 12.5. The summed E-state index contributed by atoms with van der Waals surface area (Å²) in [7, 11) is 3.20. The molecule has 0 aromatic heterocycles. The Bertz CT molecular complexity index is 517. The van der Waals surface area contributed by atoms with Gasteiger partial charge in [0.2, 0.25) is 0 Å². The predicted octanol–water partition coefficient (Wildman–Crippen LogP) is 2.81. The minimum absolute atomic E-state index is 0.210. The van der Waals surface area contributed by atoms with Gasteiger partial charge in [-0.15, -0.1) is 0 Å². The van der Waals surface area contributed by atoms with Crippen LogP contribution in [0.25, 0.3) is 0 Å². The zero-order valence-electron chi connectivity index (χ0n) is 12.7. The Morgan fingerprint density at radius 3 is 2.43 bits per heavy atom. The van der Waals surface area contributed by atoms with Gasteiger partial charge in [-0.25, -0.2) is 0 Å². The summed E-state index contributed by atoms with van der Waals surface area (Å²) in [5, 5.41) is 3.62. The van der Waals surface area contributed by atoms with Crippen LogP contribution in [0.15, 0.2) is 18.2 Å². The second kappa shape index (κ2) is 6.06. The standard InChI is InChI=1S/C17H23NO3/c1-20-16-6-3-12(10-17(16)21-2)15(19)9-11-7-13-4-5-14(8-11)18-13/h3,6,10-11,13-14,18H,4-5,7-9H2,1-2H3. The molecular formula is C17H23NO3. The Labute approximate surface area is 125 Å². The molecule has 2 bridgehead atoms. The first kappa shape index (κ1) is 14.4. The molecule has 2 unspecified atom stereocenters.